The summed E-state index contributed by atoms with van der Waals surface area (Å²) in [7, 11) is 0. The van der Waals surface area contributed by atoms with Gasteiger partial charge in [-0.05, 0) is 30.9 Å². The lowest BCUT2D eigenvalue weighted by atomic mass is 9.80. The van der Waals surface area contributed by atoms with Gasteiger partial charge in [0.1, 0.15) is 22.8 Å². The molecule has 9 heteroatoms. The van der Waals surface area contributed by atoms with E-state index in [1.807, 2.05) is 0 Å². The summed E-state index contributed by atoms with van der Waals surface area (Å²) in [4.78, 5) is 15.5. The third-order valence-electron chi connectivity index (χ3n) is 5.18. The van der Waals surface area contributed by atoms with Gasteiger partial charge in [0.2, 0.25) is 0 Å². The summed E-state index contributed by atoms with van der Waals surface area (Å²) < 4.78 is 0. The van der Waals surface area contributed by atoms with Crippen molar-refractivity contribution in [1.82, 2.24) is 25.1 Å². The van der Waals surface area contributed by atoms with Crippen LogP contribution in [0.4, 0.5) is 11.6 Å². The molecule has 1 saturated heterocycles. The van der Waals surface area contributed by atoms with Crippen molar-refractivity contribution in [2.75, 3.05) is 30.3 Å². The average molecular weight is 373 g/mol. The Bertz CT molecular complexity index is 945. The molecule has 1 aliphatic heterocycles. The molecular formula is C17H21ClN8. The van der Waals surface area contributed by atoms with E-state index in [1.54, 1.807) is 12.3 Å². The number of halogens is 1. The monoisotopic (exact) mass is 372 g/mol. The quantitative estimate of drug-likeness (QED) is 0.644. The molecule has 0 aliphatic carbocycles. The van der Waals surface area contributed by atoms with Crippen molar-refractivity contribution in [1.29, 1.82) is 0 Å². The molecular weight excluding hydrogens is 352 g/mol. The minimum Gasteiger partial charge on any atom is -0.384 e. The fourth-order valence-corrected chi connectivity index (χ4v) is 3.44. The first-order valence-corrected chi connectivity index (χ1v) is 8.94. The molecule has 3 aromatic heterocycles. The topological polar surface area (TPSA) is 123 Å². The molecule has 1 aliphatic rings. The molecule has 4 rings (SSSR count). The van der Waals surface area contributed by atoms with Crippen LogP contribution in [0.5, 0.6) is 0 Å². The van der Waals surface area contributed by atoms with E-state index < -0.39 is 0 Å². The molecule has 0 aromatic carbocycles. The van der Waals surface area contributed by atoms with Crippen LogP contribution in [0.25, 0.3) is 22.4 Å². The van der Waals surface area contributed by atoms with Gasteiger partial charge in [-0.25, -0.2) is 15.0 Å². The maximum atomic E-state index is 6.24. The molecule has 0 spiro atoms. The maximum Gasteiger partial charge on any atom is 0.177 e. The van der Waals surface area contributed by atoms with Crippen LogP contribution >= 0.6 is 11.6 Å². The lowest BCUT2D eigenvalue weighted by Crippen LogP contribution is -2.42. The summed E-state index contributed by atoms with van der Waals surface area (Å²) in [6, 6.07) is 1.69. The molecule has 5 N–H and O–H groups in total. The standard InChI is InChI=1S/C17H21ClN8/c1-17(9-19)2-4-26(5-3-17)13-8-22-15-14(24-25-16(15)23-13)10-6-12(20)21-7-11(10)18/h6-8H,2-5,9,19H2,1H3,(H2,20,21)(H,23,24,25). The van der Waals surface area contributed by atoms with E-state index in [-0.39, 0.29) is 5.41 Å². The number of nitrogens with one attached hydrogen (secondary N) is 1. The Hall–Kier alpha value is -2.45. The van der Waals surface area contributed by atoms with E-state index >= 15 is 0 Å². The number of rotatable bonds is 3. The molecule has 0 amide bonds. The van der Waals surface area contributed by atoms with Gasteiger partial charge in [-0.2, -0.15) is 5.10 Å². The highest BCUT2D eigenvalue weighted by atomic mass is 35.5. The molecule has 26 heavy (non-hydrogen) atoms. The molecule has 0 saturated carbocycles. The number of nitrogen functional groups attached to an aromatic ring is 1. The second kappa shape index (κ2) is 6.37. The molecule has 136 valence electrons. The predicted octanol–water partition coefficient (Wildman–Crippen LogP) is 2.22. The van der Waals surface area contributed by atoms with Gasteiger partial charge in [0, 0.05) is 24.8 Å². The molecule has 1 fully saturated rings. The van der Waals surface area contributed by atoms with Crippen LogP contribution < -0.4 is 16.4 Å². The molecule has 0 unspecified atom stereocenters. The number of aromatic nitrogens is 5. The summed E-state index contributed by atoms with van der Waals surface area (Å²) in [5.74, 6) is 1.22. The minimum absolute atomic E-state index is 0.215. The van der Waals surface area contributed by atoms with Crippen LogP contribution in [0.15, 0.2) is 18.5 Å². The van der Waals surface area contributed by atoms with E-state index in [1.165, 1.54) is 6.20 Å². The van der Waals surface area contributed by atoms with Gasteiger partial charge < -0.3 is 16.4 Å². The van der Waals surface area contributed by atoms with Crippen molar-refractivity contribution in [2.45, 2.75) is 19.8 Å². The smallest absolute Gasteiger partial charge is 0.177 e. The van der Waals surface area contributed by atoms with Crippen LogP contribution in [0.1, 0.15) is 19.8 Å². The number of pyridine rings is 1. The van der Waals surface area contributed by atoms with E-state index in [0.717, 1.165) is 31.7 Å². The van der Waals surface area contributed by atoms with Gasteiger partial charge in [0.15, 0.2) is 5.65 Å². The molecule has 0 atom stereocenters. The van der Waals surface area contributed by atoms with Gasteiger partial charge in [-0.3, -0.25) is 5.10 Å². The summed E-state index contributed by atoms with van der Waals surface area (Å²) in [6.45, 7) is 4.79. The Morgan fingerprint density at radius 2 is 2.04 bits per heavy atom. The molecule has 8 nitrogen and oxygen atoms in total. The molecule has 4 heterocycles. The zero-order chi connectivity index (χ0) is 18.3. The normalized spacial score (nSPS) is 17.0. The second-order valence-corrected chi connectivity index (χ2v) is 7.50. The number of anilines is 2. The van der Waals surface area contributed by atoms with Crippen molar-refractivity contribution in [2.24, 2.45) is 11.1 Å². The van der Waals surface area contributed by atoms with Crippen molar-refractivity contribution in [3.05, 3.63) is 23.5 Å². The number of H-pyrrole nitrogens is 1. The lowest BCUT2D eigenvalue weighted by molar-refractivity contribution is 0.258. The number of hydrogen-bond acceptors (Lipinski definition) is 7. The van der Waals surface area contributed by atoms with Crippen LogP contribution in [-0.2, 0) is 0 Å². The summed E-state index contributed by atoms with van der Waals surface area (Å²) in [5, 5.41) is 7.76. The Labute approximate surface area is 156 Å². The van der Waals surface area contributed by atoms with Crippen LogP contribution in [0.2, 0.25) is 5.02 Å². The predicted molar refractivity (Wildman–Crippen MR) is 103 cm³/mol. The van der Waals surface area contributed by atoms with Crippen LogP contribution in [0, 0.1) is 5.41 Å². The Balaban J connectivity index is 1.65. The number of piperidine rings is 1. The van der Waals surface area contributed by atoms with E-state index in [2.05, 4.69) is 32.0 Å². The summed E-state index contributed by atoms with van der Waals surface area (Å²) >= 11 is 6.24. The highest BCUT2D eigenvalue weighted by Gasteiger charge is 2.29. The average Bonchev–Trinajstić information content (AvgIpc) is 3.07. The number of nitrogens with two attached hydrogens (primary N) is 2. The van der Waals surface area contributed by atoms with Crippen molar-refractivity contribution < 1.29 is 0 Å². The van der Waals surface area contributed by atoms with E-state index in [0.29, 0.717) is 39.8 Å². The lowest BCUT2D eigenvalue weighted by Gasteiger charge is -2.39. The highest BCUT2D eigenvalue weighted by Crippen LogP contribution is 2.33. The molecule has 0 radical (unpaired) electrons. The Morgan fingerprint density at radius 1 is 1.27 bits per heavy atom. The second-order valence-electron chi connectivity index (χ2n) is 7.09. The maximum absolute atomic E-state index is 6.24. The first-order chi connectivity index (χ1) is 12.5. The van der Waals surface area contributed by atoms with Gasteiger partial charge in [-0.15, -0.1) is 0 Å². The first-order valence-electron chi connectivity index (χ1n) is 8.57. The fourth-order valence-electron chi connectivity index (χ4n) is 3.25. The molecule has 3 aromatic rings. The zero-order valence-corrected chi connectivity index (χ0v) is 15.3. The third kappa shape index (κ3) is 2.95. The van der Waals surface area contributed by atoms with Gasteiger partial charge >= 0.3 is 0 Å². The Kier molecular flexibility index (Phi) is 4.16. The van der Waals surface area contributed by atoms with Gasteiger partial charge in [-0.1, -0.05) is 18.5 Å². The third-order valence-corrected chi connectivity index (χ3v) is 5.48. The number of aromatic amines is 1. The zero-order valence-electron chi connectivity index (χ0n) is 14.5. The van der Waals surface area contributed by atoms with Gasteiger partial charge in [0.05, 0.1) is 11.2 Å². The summed E-state index contributed by atoms with van der Waals surface area (Å²) in [6.07, 6.45) is 5.38. The Morgan fingerprint density at radius 3 is 2.77 bits per heavy atom. The molecule has 0 bridgehead atoms. The number of nitrogens with zero attached hydrogens (tertiary/aromatic N) is 5. The van der Waals surface area contributed by atoms with Crippen molar-refractivity contribution in [3.63, 3.8) is 0 Å². The SMILES string of the molecule is CC1(CN)CCN(c2cnc3c(-c4cc(N)ncc4Cl)n[nH]c3n2)CC1. The van der Waals surface area contributed by atoms with Crippen molar-refractivity contribution >= 4 is 34.4 Å². The van der Waals surface area contributed by atoms with Gasteiger partial charge in [0.25, 0.3) is 0 Å². The summed E-state index contributed by atoms with van der Waals surface area (Å²) in [5.41, 5.74) is 14.5. The van der Waals surface area contributed by atoms with Crippen LogP contribution in [0.3, 0.4) is 0 Å². The first kappa shape index (κ1) is 17.0. The van der Waals surface area contributed by atoms with E-state index in [9.17, 15) is 0 Å². The number of fused-ring (bicyclic) bond motifs is 1. The largest absolute Gasteiger partial charge is 0.384 e. The van der Waals surface area contributed by atoms with E-state index in [4.69, 9.17) is 28.1 Å². The minimum atomic E-state index is 0.215. The highest BCUT2D eigenvalue weighted by molar-refractivity contribution is 6.33. The van der Waals surface area contributed by atoms with Crippen molar-refractivity contribution in [3.8, 4) is 11.3 Å². The fraction of sp³-hybridized carbons (Fsp3) is 0.412. The number of hydrogen-bond donors (Lipinski definition) is 3. The van der Waals surface area contributed by atoms with Crippen LogP contribution in [-0.4, -0.2) is 44.8 Å².